The summed E-state index contributed by atoms with van der Waals surface area (Å²) in [6, 6.07) is 7.60. The lowest BCUT2D eigenvalue weighted by Gasteiger charge is -2.10. The van der Waals surface area contributed by atoms with Gasteiger partial charge in [0.05, 0.1) is 0 Å². The van der Waals surface area contributed by atoms with Crippen LogP contribution in [-0.2, 0) is 16.1 Å². The zero-order valence-corrected chi connectivity index (χ0v) is 14.1. The molecule has 4 nitrogen and oxygen atoms in total. The van der Waals surface area contributed by atoms with Crippen LogP contribution in [0.1, 0.15) is 52.5 Å². The van der Waals surface area contributed by atoms with E-state index in [4.69, 9.17) is 0 Å². The summed E-state index contributed by atoms with van der Waals surface area (Å²) in [5, 5.41) is 5.81. The molecule has 4 heteroatoms. The van der Waals surface area contributed by atoms with Gasteiger partial charge in [-0.05, 0) is 36.0 Å². The molecule has 0 fully saturated rings. The summed E-state index contributed by atoms with van der Waals surface area (Å²) in [6.07, 6.45) is 1.97. The van der Waals surface area contributed by atoms with Crippen molar-refractivity contribution in [2.24, 2.45) is 11.8 Å². The first-order chi connectivity index (χ1) is 10.4. The number of hydrogen-bond acceptors (Lipinski definition) is 2. The second-order valence-electron chi connectivity index (χ2n) is 6.56. The first-order valence-corrected chi connectivity index (χ1v) is 8.02. The molecule has 0 aromatic heterocycles. The van der Waals surface area contributed by atoms with Crippen LogP contribution < -0.4 is 10.6 Å². The van der Waals surface area contributed by atoms with E-state index in [9.17, 15) is 9.59 Å². The Balaban J connectivity index is 2.47. The van der Waals surface area contributed by atoms with Gasteiger partial charge in [0.25, 0.3) is 0 Å². The van der Waals surface area contributed by atoms with Gasteiger partial charge in [-0.2, -0.15) is 0 Å². The molecule has 0 spiro atoms. The monoisotopic (exact) mass is 304 g/mol. The Kier molecular flexibility index (Phi) is 7.64. The molecule has 0 radical (unpaired) electrons. The first kappa shape index (κ1) is 18.2. The van der Waals surface area contributed by atoms with Crippen LogP contribution >= 0.6 is 0 Å². The van der Waals surface area contributed by atoms with Crippen LogP contribution in [-0.4, -0.2) is 11.8 Å². The fraction of sp³-hybridized carbons (Fsp3) is 0.556. The molecule has 1 rings (SSSR count). The molecule has 1 aromatic rings. The molecule has 0 bridgehead atoms. The van der Waals surface area contributed by atoms with Gasteiger partial charge < -0.3 is 10.6 Å². The number of amides is 2. The lowest BCUT2D eigenvalue weighted by Crippen LogP contribution is -2.23. The molecule has 0 saturated carbocycles. The SMILES string of the molecule is CC(C)CCC(=O)NCc1cccc(NC(=O)CC(C)C)c1. The topological polar surface area (TPSA) is 58.2 Å². The highest BCUT2D eigenvalue weighted by atomic mass is 16.2. The van der Waals surface area contributed by atoms with E-state index in [2.05, 4.69) is 24.5 Å². The Morgan fingerprint density at radius 2 is 1.77 bits per heavy atom. The van der Waals surface area contributed by atoms with Gasteiger partial charge in [-0.15, -0.1) is 0 Å². The van der Waals surface area contributed by atoms with Crippen LogP contribution in [0.15, 0.2) is 24.3 Å². The largest absolute Gasteiger partial charge is 0.352 e. The Bertz CT molecular complexity index is 496. The number of benzene rings is 1. The van der Waals surface area contributed by atoms with Crippen molar-refractivity contribution >= 4 is 17.5 Å². The molecule has 0 saturated heterocycles. The molecule has 2 amide bonds. The summed E-state index contributed by atoms with van der Waals surface area (Å²) >= 11 is 0. The van der Waals surface area contributed by atoms with Crippen LogP contribution in [0.4, 0.5) is 5.69 Å². The minimum Gasteiger partial charge on any atom is -0.352 e. The van der Waals surface area contributed by atoms with E-state index in [0.29, 0.717) is 31.2 Å². The summed E-state index contributed by atoms with van der Waals surface area (Å²) < 4.78 is 0. The molecule has 0 aliphatic rings. The highest BCUT2D eigenvalue weighted by molar-refractivity contribution is 5.90. The van der Waals surface area contributed by atoms with Crippen LogP contribution in [0.2, 0.25) is 0 Å². The average molecular weight is 304 g/mol. The summed E-state index contributed by atoms with van der Waals surface area (Å²) in [5.74, 6) is 0.963. The predicted molar refractivity (Wildman–Crippen MR) is 90.4 cm³/mol. The lowest BCUT2D eigenvalue weighted by atomic mass is 10.1. The summed E-state index contributed by atoms with van der Waals surface area (Å²) in [5.41, 5.74) is 1.76. The van der Waals surface area contributed by atoms with Crippen molar-refractivity contribution < 1.29 is 9.59 Å². The highest BCUT2D eigenvalue weighted by Crippen LogP contribution is 2.12. The van der Waals surface area contributed by atoms with Crippen LogP contribution in [0.3, 0.4) is 0 Å². The minimum absolute atomic E-state index is 0.0214. The smallest absolute Gasteiger partial charge is 0.224 e. The lowest BCUT2D eigenvalue weighted by molar-refractivity contribution is -0.121. The molecule has 0 heterocycles. The van der Waals surface area contributed by atoms with E-state index in [-0.39, 0.29) is 11.8 Å². The van der Waals surface area contributed by atoms with Gasteiger partial charge >= 0.3 is 0 Å². The van der Waals surface area contributed by atoms with E-state index >= 15 is 0 Å². The molecular weight excluding hydrogens is 276 g/mol. The molecule has 2 N–H and O–H groups in total. The number of hydrogen-bond donors (Lipinski definition) is 2. The van der Waals surface area contributed by atoms with Gasteiger partial charge in [0.2, 0.25) is 11.8 Å². The number of nitrogens with one attached hydrogen (secondary N) is 2. The van der Waals surface area contributed by atoms with Crippen molar-refractivity contribution in [1.82, 2.24) is 5.32 Å². The second-order valence-corrected chi connectivity index (χ2v) is 6.56. The number of carbonyl (C=O) groups excluding carboxylic acids is 2. The van der Waals surface area contributed by atoms with E-state index in [1.54, 1.807) is 0 Å². The van der Waals surface area contributed by atoms with E-state index < -0.39 is 0 Å². The Hall–Kier alpha value is -1.84. The van der Waals surface area contributed by atoms with Crippen LogP contribution in [0, 0.1) is 11.8 Å². The molecule has 22 heavy (non-hydrogen) atoms. The number of anilines is 1. The van der Waals surface area contributed by atoms with Crippen molar-refractivity contribution in [3.05, 3.63) is 29.8 Å². The normalized spacial score (nSPS) is 10.8. The maximum absolute atomic E-state index is 11.8. The summed E-state index contributed by atoms with van der Waals surface area (Å²) in [4.78, 5) is 23.5. The Labute approximate surface area is 133 Å². The van der Waals surface area contributed by atoms with Crippen molar-refractivity contribution in [1.29, 1.82) is 0 Å². The third kappa shape index (κ3) is 7.81. The van der Waals surface area contributed by atoms with Crippen molar-refractivity contribution in [3.8, 4) is 0 Å². The van der Waals surface area contributed by atoms with Gasteiger partial charge in [0.15, 0.2) is 0 Å². The fourth-order valence-electron chi connectivity index (χ4n) is 2.05. The molecule has 0 atom stereocenters. The zero-order chi connectivity index (χ0) is 16.5. The van der Waals surface area contributed by atoms with Crippen molar-refractivity contribution in [3.63, 3.8) is 0 Å². The van der Waals surface area contributed by atoms with Gasteiger partial charge in [-0.3, -0.25) is 9.59 Å². The van der Waals surface area contributed by atoms with Crippen LogP contribution in [0.5, 0.6) is 0 Å². The minimum atomic E-state index is 0.0214. The fourth-order valence-corrected chi connectivity index (χ4v) is 2.05. The van der Waals surface area contributed by atoms with Gasteiger partial charge in [0.1, 0.15) is 0 Å². The van der Waals surface area contributed by atoms with E-state index in [1.165, 1.54) is 0 Å². The maximum Gasteiger partial charge on any atom is 0.224 e. The molecule has 122 valence electrons. The average Bonchev–Trinajstić information content (AvgIpc) is 2.42. The third-order valence-corrected chi connectivity index (χ3v) is 3.24. The molecular formula is C18H28N2O2. The van der Waals surface area contributed by atoms with E-state index in [0.717, 1.165) is 17.7 Å². The molecule has 0 unspecified atom stereocenters. The summed E-state index contributed by atoms with van der Waals surface area (Å²) in [6.45, 7) is 8.74. The number of rotatable bonds is 8. The predicted octanol–water partition coefficient (Wildman–Crippen LogP) is 3.72. The maximum atomic E-state index is 11.8. The third-order valence-electron chi connectivity index (χ3n) is 3.24. The Morgan fingerprint density at radius 3 is 2.41 bits per heavy atom. The standard InChI is InChI=1S/C18H28N2O2/c1-13(2)8-9-17(21)19-12-15-6-5-7-16(11-15)20-18(22)10-14(3)4/h5-7,11,13-14H,8-10,12H2,1-4H3,(H,19,21)(H,20,22). The van der Waals surface area contributed by atoms with Gasteiger partial charge in [0, 0.05) is 25.1 Å². The zero-order valence-electron chi connectivity index (χ0n) is 14.1. The van der Waals surface area contributed by atoms with Crippen molar-refractivity contribution in [2.45, 2.75) is 53.5 Å². The second kappa shape index (κ2) is 9.23. The molecule has 0 aliphatic heterocycles. The van der Waals surface area contributed by atoms with Crippen LogP contribution in [0.25, 0.3) is 0 Å². The highest BCUT2D eigenvalue weighted by Gasteiger charge is 2.06. The number of carbonyl (C=O) groups is 2. The van der Waals surface area contributed by atoms with Gasteiger partial charge in [-0.1, -0.05) is 39.8 Å². The molecule has 1 aromatic carbocycles. The van der Waals surface area contributed by atoms with Gasteiger partial charge in [-0.25, -0.2) is 0 Å². The first-order valence-electron chi connectivity index (χ1n) is 8.02. The summed E-state index contributed by atoms with van der Waals surface area (Å²) in [7, 11) is 0. The molecule has 0 aliphatic carbocycles. The quantitative estimate of drug-likeness (QED) is 0.769. The Morgan fingerprint density at radius 1 is 1.05 bits per heavy atom. The van der Waals surface area contributed by atoms with Crippen molar-refractivity contribution in [2.75, 3.05) is 5.32 Å². The van der Waals surface area contributed by atoms with E-state index in [1.807, 2.05) is 38.1 Å².